The molecule has 0 fully saturated rings. The third kappa shape index (κ3) is 1.54. The molecule has 0 saturated heterocycles. The Labute approximate surface area is 77.9 Å². The van der Waals surface area contributed by atoms with Crippen molar-refractivity contribution in [1.82, 2.24) is 0 Å². The molecule has 0 spiro atoms. The maximum absolute atomic E-state index is 7.71. The molecule has 0 aromatic heterocycles. The van der Waals surface area contributed by atoms with E-state index in [-0.39, 0.29) is 0 Å². The molecule has 1 aromatic rings. The van der Waals surface area contributed by atoms with Gasteiger partial charge in [0.2, 0.25) is 0 Å². The summed E-state index contributed by atoms with van der Waals surface area (Å²) in [6.07, 6.45) is 7.62. The Morgan fingerprint density at radius 3 is 2.54 bits per heavy atom. The van der Waals surface area contributed by atoms with Crippen molar-refractivity contribution in [1.29, 1.82) is 5.41 Å². The van der Waals surface area contributed by atoms with E-state index in [1.165, 1.54) is 0 Å². The Morgan fingerprint density at radius 2 is 1.85 bits per heavy atom. The van der Waals surface area contributed by atoms with Crippen molar-refractivity contribution in [2.75, 3.05) is 0 Å². The zero-order chi connectivity index (χ0) is 9.10. The van der Waals surface area contributed by atoms with Crippen LogP contribution >= 0.6 is 0 Å². The van der Waals surface area contributed by atoms with E-state index in [9.17, 15) is 0 Å². The molecule has 1 heteroatoms. The van der Waals surface area contributed by atoms with Crippen LogP contribution in [0, 0.1) is 11.8 Å². The SMILES string of the molecule is N=C1[CH+]C=CC=C1c1ccccc1. The first-order valence-electron chi connectivity index (χ1n) is 4.24. The van der Waals surface area contributed by atoms with E-state index >= 15 is 0 Å². The number of rotatable bonds is 1. The molecule has 1 nitrogen and oxygen atoms in total. The van der Waals surface area contributed by atoms with Crippen LogP contribution in [0.1, 0.15) is 5.56 Å². The fraction of sp³-hybridized carbons (Fsp3) is 0. The molecule has 1 aromatic carbocycles. The number of hydrogen-bond acceptors (Lipinski definition) is 1. The van der Waals surface area contributed by atoms with Crippen LogP contribution in [0.2, 0.25) is 0 Å². The Kier molecular flexibility index (Phi) is 2.01. The van der Waals surface area contributed by atoms with Crippen LogP contribution < -0.4 is 0 Å². The lowest BCUT2D eigenvalue weighted by Crippen LogP contribution is -2.02. The second kappa shape index (κ2) is 3.31. The van der Waals surface area contributed by atoms with Crippen LogP contribution in [-0.4, -0.2) is 5.71 Å². The first kappa shape index (κ1) is 7.87. The Balaban J connectivity index is 2.41. The summed E-state index contributed by atoms with van der Waals surface area (Å²) in [5, 5.41) is 7.71. The van der Waals surface area contributed by atoms with Gasteiger partial charge in [-0.25, -0.2) is 0 Å². The third-order valence-corrected chi connectivity index (χ3v) is 2.01. The molecular formula is C12H10N+. The Hall–Kier alpha value is -1.76. The summed E-state index contributed by atoms with van der Waals surface area (Å²) < 4.78 is 0. The Morgan fingerprint density at radius 1 is 1.08 bits per heavy atom. The first-order chi connectivity index (χ1) is 6.38. The van der Waals surface area contributed by atoms with Gasteiger partial charge in [-0.05, 0) is 12.1 Å². The maximum Gasteiger partial charge on any atom is 0.173 e. The number of allylic oxidation sites excluding steroid dienone is 4. The van der Waals surface area contributed by atoms with E-state index in [0.717, 1.165) is 11.1 Å². The van der Waals surface area contributed by atoms with Crippen molar-refractivity contribution in [2.45, 2.75) is 0 Å². The van der Waals surface area contributed by atoms with Crippen LogP contribution in [0.25, 0.3) is 5.57 Å². The summed E-state index contributed by atoms with van der Waals surface area (Å²) in [4.78, 5) is 0. The predicted molar refractivity (Wildman–Crippen MR) is 55.6 cm³/mol. The molecule has 0 aliphatic heterocycles. The minimum atomic E-state index is 0.578. The van der Waals surface area contributed by atoms with E-state index in [1.807, 2.05) is 55.0 Å². The van der Waals surface area contributed by atoms with Crippen molar-refractivity contribution in [3.05, 3.63) is 60.5 Å². The van der Waals surface area contributed by atoms with Gasteiger partial charge in [0.25, 0.3) is 0 Å². The van der Waals surface area contributed by atoms with E-state index in [1.54, 1.807) is 0 Å². The lowest BCUT2D eigenvalue weighted by molar-refractivity contribution is 1.49. The van der Waals surface area contributed by atoms with E-state index < -0.39 is 0 Å². The summed E-state index contributed by atoms with van der Waals surface area (Å²) in [6.45, 7) is 0. The zero-order valence-corrected chi connectivity index (χ0v) is 7.20. The fourth-order valence-electron chi connectivity index (χ4n) is 1.35. The van der Waals surface area contributed by atoms with Gasteiger partial charge in [0.1, 0.15) is 5.57 Å². The molecule has 1 aliphatic carbocycles. The van der Waals surface area contributed by atoms with Gasteiger partial charge >= 0.3 is 0 Å². The topological polar surface area (TPSA) is 23.9 Å². The average molecular weight is 168 g/mol. The minimum Gasteiger partial charge on any atom is -0.275 e. The van der Waals surface area contributed by atoms with E-state index in [0.29, 0.717) is 5.71 Å². The normalized spacial score (nSPS) is 15.1. The molecule has 0 unspecified atom stereocenters. The highest BCUT2D eigenvalue weighted by atomic mass is 14.4. The predicted octanol–water partition coefficient (Wildman–Crippen LogP) is 2.86. The van der Waals surface area contributed by atoms with Gasteiger partial charge in [0.15, 0.2) is 5.71 Å². The van der Waals surface area contributed by atoms with Crippen molar-refractivity contribution >= 4 is 11.3 Å². The van der Waals surface area contributed by atoms with Crippen LogP contribution in [0.5, 0.6) is 0 Å². The molecule has 0 radical (unpaired) electrons. The minimum absolute atomic E-state index is 0.578. The molecule has 62 valence electrons. The summed E-state index contributed by atoms with van der Waals surface area (Å²) in [6, 6.07) is 10.0. The first-order valence-corrected chi connectivity index (χ1v) is 4.24. The van der Waals surface area contributed by atoms with Gasteiger partial charge in [-0.15, -0.1) is 0 Å². The highest BCUT2D eigenvalue weighted by Crippen LogP contribution is 2.19. The van der Waals surface area contributed by atoms with Crippen LogP contribution in [0.4, 0.5) is 0 Å². The monoisotopic (exact) mass is 168 g/mol. The smallest absolute Gasteiger partial charge is 0.173 e. The quantitative estimate of drug-likeness (QED) is 0.623. The van der Waals surface area contributed by atoms with Crippen LogP contribution in [0.3, 0.4) is 0 Å². The van der Waals surface area contributed by atoms with E-state index in [4.69, 9.17) is 5.41 Å². The van der Waals surface area contributed by atoms with Crippen LogP contribution in [0.15, 0.2) is 48.6 Å². The van der Waals surface area contributed by atoms with Crippen molar-refractivity contribution in [3.8, 4) is 0 Å². The molecule has 1 N–H and O–H groups in total. The number of nitrogens with one attached hydrogen (secondary N) is 1. The number of benzene rings is 1. The molecule has 13 heavy (non-hydrogen) atoms. The maximum atomic E-state index is 7.71. The largest absolute Gasteiger partial charge is 0.275 e. The molecule has 0 heterocycles. The van der Waals surface area contributed by atoms with Gasteiger partial charge in [-0.3, -0.25) is 5.41 Å². The van der Waals surface area contributed by atoms with Gasteiger partial charge in [-0.2, -0.15) is 0 Å². The highest BCUT2D eigenvalue weighted by Gasteiger charge is 2.16. The van der Waals surface area contributed by atoms with E-state index in [2.05, 4.69) is 0 Å². The second-order valence-corrected chi connectivity index (χ2v) is 2.91. The second-order valence-electron chi connectivity index (χ2n) is 2.91. The fourth-order valence-corrected chi connectivity index (χ4v) is 1.35. The summed E-state index contributed by atoms with van der Waals surface area (Å²) in [5.41, 5.74) is 2.67. The van der Waals surface area contributed by atoms with Gasteiger partial charge < -0.3 is 0 Å². The molecule has 0 bridgehead atoms. The highest BCUT2D eigenvalue weighted by molar-refractivity contribution is 6.28. The molecule has 0 amide bonds. The van der Waals surface area contributed by atoms with Crippen molar-refractivity contribution in [2.24, 2.45) is 0 Å². The standard InChI is InChI=1S/C12H10N/c13-12-9-5-4-8-11(12)10-6-2-1-3-7-10/h1-9,13H/q+1. The molecule has 0 saturated carbocycles. The summed E-state index contributed by atoms with van der Waals surface area (Å²) in [7, 11) is 0. The van der Waals surface area contributed by atoms with Crippen molar-refractivity contribution < 1.29 is 0 Å². The van der Waals surface area contributed by atoms with Crippen LogP contribution in [-0.2, 0) is 0 Å². The van der Waals surface area contributed by atoms with Gasteiger partial charge in [0.05, 0.1) is 18.6 Å². The summed E-state index contributed by atoms with van der Waals surface area (Å²) in [5.74, 6) is 0. The molecule has 1 aliphatic rings. The van der Waals surface area contributed by atoms with Gasteiger partial charge in [-0.1, -0.05) is 18.2 Å². The lowest BCUT2D eigenvalue weighted by Gasteiger charge is -2.01. The average Bonchev–Trinajstić information content (AvgIpc) is 2.20. The third-order valence-electron chi connectivity index (χ3n) is 2.01. The van der Waals surface area contributed by atoms with Crippen molar-refractivity contribution in [3.63, 3.8) is 0 Å². The molecule has 0 atom stereocenters. The molecular weight excluding hydrogens is 158 g/mol. The van der Waals surface area contributed by atoms with Gasteiger partial charge in [0, 0.05) is 11.6 Å². The zero-order valence-electron chi connectivity index (χ0n) is 7.20. The summed E-state index contributed by atoms with van der Waals surface area (Å²) >= 11 is 0. The molecule has 2 rings (SSSR count). The Bertz CT molecular complexity index is 371. The number of hydrogen-bond donors (Lipinski definition) is 1. The lowest BCUT2D eigenvalue weighted by atomic mass is 9.96.